The number of aromatic nitrogens is 2. The van der Waals surface area contributed by atoms with Crippen LogP contribution in [0.2, 0.25) is 0 Å². The average Bonchev–Trinajstić information content (AvgIpc) is 2.27. The highest BCUT2D eigenvalue weighted by Crippen LogP contribution is 2.16. The normalized spacial score (nSPS) is 10.7. The summed E-state index contributed by atoms with van der Waals surface area (Å²) >= 11 is 0. The average molecular weight is 255 g/mol. The fourth-order valence-electron chi connectivity index (χ4n) is 1.34. The predicted molar refractivity (Wildman–Crippen MR) is 65.2 cm³/mol. The molecule has 7 nitrogen and oxygen atoms in total. The molecule has 0 aliphatic heterocycles. The number of carbonyl (C=O) groups is 1. The van der Waals surface area contributed by atoms with Crippen LogP contribution in [0.1, 0.15) is 32.8 Å². The lowest BCUT2D eigenvalue weighted by Crippen LogP contribution is -2.20. The van der Waals surface area contributed by atoms with E-state index in [1.165, 1.54) is 13.0 Å². The number of hydrogen-bond donors (Lipinski definition) is 2. The number of rotatable bonds is 6. The van der Waals surface area contributed by atoms with Gasteiger partial charge < -0.3 is 9.47 Å². The van der Waals surface area contributed by atoms with Gasteiger partial charge in [-0.3, -0.25) is 19.9 Å². The van der Waals surface area contributed by atoms with Gasteiger partial charge in [0, 0.05) is 26.2 Å². The molecule has 1 aromatic heterocycles. The Balaban J connectivity index is 3.01. The molecule has 1 heterocycles. The third-order valence-corrected chi connectivity index (χ3v) is 1.93. The Kier molecular flexibility index (Phi) is 5.47. The van der Waals surface area contributed by atoms with E-state index in [-0.39, 0.29) is 17.4 Å². The first-order valence-electron chi connectivity index (χ1n) is 5.68. The highest BCUT2D eigenvalue weighted by Gasteiger charge is 2.15. The molecule has 0 aliphatic rings. The molecule has 0 saturated heterocycles. The standard InChI is InChI=1S/C11H17N3O4/c1-4-17-10(18-5-2)8-6-9(16)14-11(13-8)12-7(3)15/h6,10H,4-5H2,1-3H3,(H2,12,13,14,15,16). The largest absolute Gasteiger partial charge is 0.347 e. The molecule has 0 radical (unpaired) electrons. The lowest BCUT2D eigenvalue weighted by Gasteiger charge is -2.16. The molecule has 0 unspecified atom stereocenters. The van der Waals surface area contributed by atoms with Gasteiger partial charge >= 0.3 is 0 Å². The molecule has 0 fully saturated rings. The first-order valence-corrected chi connectivity index (χ1v) is 5.68. The molecule has 0 aliphatic carbocycles. The summed E-state index contributed by atoms with van der Waals surface area (Å²) < 4.78 is 10.7. The number of aromatic amines is 1. The minimum Gasteiger partial charge on any atom is -0.347 e. The minimum absolute atomic E-state index is 0.0782. The quantitative estimate of drug-likeness (QED) is 0.733. The van der Waals surface area contributed by atoms with Crippen molar-refractivity contribution in [2.45, 2.75) is 27.1 Å². The Labute approximate surface area is 105 Å². The number of H-pyrrole nitrogens is 1. The van der Waals surface area contributed by atoms with E-state index < -0.39 is 6.29 Å². The van der Waals surface area contributed by atoms with E-state index in [0.29, 0.717) is 18.9 Å². The van der Waals surface area contributed by atoms with Gasteiger partial charge in [0.15, 0.2) is 0 Å². The minimum atomic E-state index is -0.713. The molecule has 18 heavy (non-hydrogen) atoms. The van der Waals surface area contributed by atoms with Crippen LogP contribution in [0.25, 0.3) is 0 Å². The second kappa shape index (κ2) is 6.87. The number of hydrogen-bond acceptors (Lipinski definition) is 5. The molecule has 0 saturated carbocycles. The number of nitrogens with one attached hydrogen (secondary N) is 2. The Morgan fingerprint density at radius 3 is 2.56 bits per heavy atom. The molecule has 0 spiro atoms. The molecular weight excluding hydrogens is 238 g/mol. The second-order valence-corrected chi connectivity index (χ2v) is 3.44. The summed E-state index contributed by atoms with van der Waals surface area (Å²) in [5.74, 6) is -0.242. The van der Waals surface area contributed by atoms with Crippen LogP contribution in [-0.2, 0) is 14.3 Å². The van der Waals surface area contributed by atoms with Gasteiger partial charge in [0.05, 0.1) is 0 Å². The zero-order valence-corrected chi connectivity index (χ0v) is 10.6. The van der Waals surface area contributed by atoms with Crippen molar-refractivity contribution in [3.8, 4) is 0 Å². The molecule has 2 N–H and O–H groups in total. The molecular formula is C11H17N3O4. The fourth-order valence-corrected chi connectivity index (χ4v) is 1.34. The Bertz CT molecular complexity index is 452. The van der Waals surface area contributed by atoms with E-state index in [1.54, 1.807) is 0 Å². The van der Waals surface area contributed by atoms with Crippen LogP contribution < -0.4 is 10.9 Å². The number of carbonyl (C=O) groups excluding carboxylic acids is 1. The van der Waals surface area contributed by atoms with Crippen LogP contribution in [0.15, 0.2) is 10.9 Å². The molecule has 0 atom stereocenters. The zero-order valence-electron chi connectivity index (χ0n) is 10.6. The lowest BCUT2D eigenvalue weighted by molar-refractivity contribution is -0.142. The van der Waals surface area contributed by atoms with Crippen molar-refractivity contribution in [2.24, 2.45) is 0 Å². The number of amides is 1. The van der Waals surface area contributed by atoms with E-state index in [4.69, 9.17) is 9.47 Å². The Hall–Kier alpha value is -1.73. The van der Waals surface area contributed by atoms with E-state index in [0.717, 1.165) is 0 Å². The molecule has 1 rings (SSSR count). The van der Waals surface area contributed by atoms with Crippen molar-refractivity contribution >= 4 is 11.9 Å². The van der Waals surface area contributed by atoms with Crippen LogP contribution in [0.5, 0.6) is 0 Å². The number of ether oxygens (including phenoxy) is 2. The fraction of sp³-hybridized carbons (Fsp3) is 0.545. The van der Waals surface area contributed by atoms with Gasteiger partial charge in [0.2, 0.25) is 18.1 Å². The summed E-state index contributed by atoms with van der Waals surface area (Å²) in [5, 5.41) is 2.41. The maximum absolute atomic E-state index is 11.4. The van der Waals surface area contributed by atoms with Crippen LogP contribution >= 0.6 is 0 Å². The Morgan fingerprint density at radius 1 is 1.44 bits per heavy atom. The Morgan fingerprint density at radius 2 is 2.06 bits per heavy atom. The maximum atomic E-state index is 11.4. The van der Waals surface area contributed by atoms with Gasteiger partial charge in [0.25, 0.3) is 5.56 Å². The van der Waals surface area contributed by atoms with Crippen LogP contribution in [0.4, 0.5) is 5.95 Å². The molecule has 1 amide bonds. The monoisotopic (exact) mass is 255 g/mol. The van der Waals surface area contributed by atoms with Gasteiger partial charge in [-0.1, -0.05) is 0 Å². The van der Waals surface area contributed by atoms with Crippen LogP contribution in [0, 0.1) is 0 Å². The van der Waals surface area contributed by atoms with Crippen molar-refractivity contribution in [3.63, 3.8) is 0 Å². The van der Waals surface area contributed by atoms with E-state index in [2.05, 4.69) is 15.3 Å². The highest BCUT2D eigenvalue weighted by atomic mass is 16.7. The first kappa shape index (κ1) is 14.3. The molecule has 0 bridgehead atoms. The summed E-state index contributed by atoms with van der Waals surface area (Å²) in [7, 11) is 0. The molecule has 1 aromatic rings. The summed E-state index contributed by atoms with van der Waals surface area (Å²) in [4.78, 5) is 28.9. The van der Waals surface area contributed by atoms with Crippen molar-refractivity contribution in [1.82, 2.24) is 9.97 Å². The highest BCUT2D eigenvalue weighted by molar-refractivity contribution is 5.86. The number of nitrogens with zero attached hydrogens (tertiary/aromatic N) is 1. The van der Waals surface area contributed by atoms with Crippen molar-refractivity contribution in [3.05, 3.63) is 22.1 Å². The van der Waals surface area contributed by atoms with Gasteiger partial charge in [-0.05, 0) is 13.8 Å². The summed E-state index contributed by atoms with van der Waals surface area (Å²) in [6, 6.07) is 1.28. The van der Waals surface area contributed by atoms with Crippen molar-refractivity contribution in [1.29, 1.82) is 0 Å². The molecule has 7 heteroatoms. The lowest BCUT2D eigenvalue weighted by atomic mass is 10.4. The second-order valence-electron chi connectivity index (χ2n) is 3.44. The first-order chi connectivity index (χ1) is 8.56. The predicted octanol–water partition coefficient (Wildman–Crippen LogP) is 0.800. The van der Waals surface area contributed by atoms with Crippen LogP contribution in [0.3, 0.4) is 0 Å². The summed E-state index contributed by atoms with van der Waals surface area (Å²) in [5.41, 5.74) is -0.0562. The smallest absolute Gasteiger partial charge is 0.252 e. The SMILES string of the molecule is CCOC(OCC)c1cc(=O)[nH]c(NC(C)=O)n1. The maximum Gasteiger partial charge on any atom is 0.252 e. The van der Waals surface area contributed by atoms with Gasteiger partial charge in [-0.25, -0.2) is 4.98 Å². The van der Waals surface area contributed by atoms with Crippen molar-refractivity contribution in [2.75, 3.05) is 18.5 Å². The van der Waals surface area contributed by atoms with Gasteiger partial charge in [0.1, 0.15) is 5.69 Å². The zero-order chi connectivity index (χ0) is 13.5. The topological polar surface area (TPSA) is 93.3 Å². The molecule has 100 valence electrons. The van der Waals surface area contributed by atoms with E-state index >= 15 is 0 Å². The number of anilines is 1. The third-order valence-electron chi connectivity index (χ3n) is 1.93. The van der Waals surface area contributed by atoms with Crippen molar-refractivity contribution < 1.29 is 14.3 Å². The van der Waals surface area contributed by atoms with E-state index in [9.17, 15) is 9.59 Å². The summed E-state index contributed by atoms with van der Waals surface area (Å²) in [6.07, 6.45) is -0.713. The van der Waals surface area contributed by atoms with E-state index in [1.807, 2.05) is 13.8 Å². The van der Waals surface area contributed by atoms with Crippen LogP contribution in [-0.4, -0.2) is 29.1 Å². The van der Waals surface area contributed by atoms with Gasteiger partial charge in [-0.15, -0.1) is 0 Å². The molecule has 0 aromatic carbocycles. The van der Waals surface area contributed by atoms with Gasteiger partial charge in [-0.2, -0.15) is 0 Å². The summed E-state index contributed by atoms with van der Waals surface area (Å²) in [6.45, 7) is 5.81. The third kappa shape index (κ3) is 4.27.